The highest BCUT2D eigenvalue weighted by atomic mass is 16.3. The Morgan fingerprint density at radius 3 is 2.29 bits per heavy atom. The Balaban J connectivity index is 4.00. The van der Waals surface area contributed by atoms with Crippen LogP contribution in [0.3, 0.4) is 0 Å². The van der Waals surface area contributed by atoms with Crippen LogP contribution in [0.2, 0.25) is 0 Å². The predicted molar refractivity (Wildman–Crippen MR) is 75.4 cm³/mol. The Hall–Kier alpha value is -0.120. The lowest BCUT2D eigenvalue weighted by atomic mass is 9.96. The van der Waals surface area contributed by atoms with Crippen LogP contribution in [0.5, 0.6) is 0 Å². The van der Waals surface area contributed by atoms with E-state index in [1.165, 1.54) is 13.0 Å². The Labute approximate surface area is 108 Å². The molecule has 0 fully saturated rings. The largest absolute Gasteiger partial charge is 0.394 e. The van der Waals surface area contributed by atoms with E-state index in [9.17, 15) is 5.11 Å². The van der Waals surface area contributed by atoms with Gasteiger partial charge in [-0.15, -0.1) is 0 Å². The van der Waals surface area contributed by atoms with Crippen LogP contribution in [-0.2, 0) is 0 Å². The summed E-state index contributed by atoms with van der Waals surface area (Å²) in [5.74, 6) is 0. The van der Waals surface area contributed by atoms with Gasteiger partial charge in [0.25, 0.3) is 0 Å². The normalized spacial score (nSPS) is 15.5. The van der Waals surface area contributed by atoms with Crippen molar-refractivity contribution in [2.75, 3.05) is 26.2 Å². The van der Waals surface area contributed by atoms with E-state index in [2.05, 4.69) is 44.8 Å². The van der Waals surface area contributed by atoms with Gasteiger partial charge in [0.1, 0.15) is 0 Å². The zero-order valence-corrected chi connectivity index (χ0v) is 12.4. The summed E-state index contributed by atoms with van der Waals surface area (Å²) in [6.45, 7) is 14.4. The van der Waals surface area contributed by atoms with Crippen molar-refractivity contribution in [1.29, 1.82) is 0 Å². The van der Waals surface area contributed by atoms with E-state index in [4.69, 9.17) is 0 Å². The molecule has 0 aliphatic heterocycles. The highest BCUT2D eigenvalue weighted by Crippen LogP contribution is 2.13. The number of likely N-dealkylation sites (N-methyl/N-ethyl adjacent to an activating group) is 1. The zero-order valence-electron chi connectivity index (χ0n) is 12.4. The Kier molecular flexibility index (Phi) is 8.83. The quantitative estimate of drug-likeness (QED) is 0.619. The van der Waals surface area contributed by atoms with E-state index in [0.717, 1.165) is 25.9 Å². The number of hydrogen-bond donors (Lipinski definition) is 2. The zero-order chi connectivity index (χ0) is 13.3. The third-order valence-electron chi connectivity index (χ3n) is 3.37. The van der Waals surface area contributed by atoms with Crippen molar-refractivity contribution in [2.24, 2.45) is 0 Å². The summed E-state index contributed by atoms with van der Waals surface area (Å²) in [4.78, 5) is 2.52. The van der Waals surface area contributed by atoms with E-state index in [1.54, 1.807) is 0 Å². The molecule has 1 atom stereocenters. The highest BCUT2D eigenvalue weighted by Gasteiger charge is 2.21. The summed E-state index contributed by atoms with van der Waals surface area (Å²) in [5, 5.41) is 12.8. The molecule has 0 aliphatic carbocycles. The van der Waals surface area contributed by atoms with Gasteiger partial charge in [-0.1, -0.05) is 13.8 Å². The van der Waals surface area contributed by atoms with Crippen LogP contribution in [0, 0.1) is 0 Å². The fraction of sp³-hybridized carbons (Fsp3) is 1.00. The smallest absolute Gasteiger partial charge is 0.0610 e. The van der Waals surface area contributed by atoms with Crippen LogP contribution in [0.15, 0.2) is 0 Å². The molecule has 0 heterocycles. The molecule has 3 heteroatoms. The van der Waals surface area contributed by atoms with Crippen LogP contribution in [0.1, 0.15) is 53.9 Å². The number of hydrogen-bond acceptors (Lipinski definition) is 3. The maximum absolute atomic E-state index is 9.42. The third kappa shape index (κ3) is 7.02. The maximum Gasteiger partial charge on any atom is 0.0610 e. The molecule has 2 N–H and O–H groups in total. The van der Waals surface area contributed by atoms with E-state index in [-0.39, 0.29) is 12.1 Å². The summed E-state index contributed by atoms with van der Waals surface area (Å²) < 4.78 is 0. The Bertz CT molecular complexity index is 185. The molecule has 0 saturated carbocycles. The van der Waals surface area contributed by atoms with E-state index >= 15 is 0 Å². The lowest BCUT2D eigenvalue weighted by Crippen LogP contribution is -2.46. The first-order chi connectivity index (χ1) is 7.99. The van der Waals surface area contributed by atoms with Gasteiger partial charge in [-0.05, 0) is 59.7 Å². The molecule has 0 radical (unpaired) electrons. The number of aliphatic hydroxyl groups is 1. The van der Waals surface area contributed by atoms with Crippen molar-refractivity contribution in [3.63, 3.8) is 0 Å². The van der Waals surface area contributed by atoms with Gasteiger partial charge in [0.05, 0.1) is 6.61 Å². The third-order valence-corrected chi connectivity index (χ3v) is 3.37. The Morgan fingerprint density at radius 2 is 1.88 bits per heavy atom. The molecule has 104 valence electrons. The number of nitrogens with one attached hydrogen (secondary N) is 1. The minimum absolute atomic E-state index is 0.108. The fourth-order valence-electron chi connectivity index (χ4n) is 2.24. The molecular formula is C14H32N2O. The topological polar surface area (TPSA) is 35.5 Å². The van der Waals surface area contributed by atoms with Crippen molar-refractivity contribution in [3.05, 3.63) is 0 Å². The molecule has 17 heavy (non-hydrogen) atoms. The highest BCUT2D eigenvalue weighted by molar-refractivity contribution is 4.82. The van der Waals surface area contributed by atoms with Crippen molar-refractivity contribution in [1.82, 2.24) is 10.2 Å². The summed E-state index contributed by atoms with van der Waals surface area (Å²) in [6.07, 6.45) is 3.38. The monoisotopic (exact) mass is 244 g/mol. The fourth-order valence-corrected chi connectivity index (χ4v) is 2.24. The van der Waals surface area contributed by atoms with Crippen LogP contribution in [0.25, 0.3) is 0 Å². The lowest BCUT2D eigenvalue weighted by molar-refractivity contribution is 0.152. The van der Waals surface area contributed by atoms with Crippen LogP contribution in [0.4, 0.5) is 0 Å². The van der Waals surface area contributed by atoms with Gasteiger partial charge >= 0.3 is 0 Å². The molecule has 0 bridgehead atoms. The standard InChI is InChI=1S/C14H32N2O/c1-6-10-16(13(3)4)11-8-9-14(5,12-17)15-7-2/h13,15,17H,6-12H2,1-5H3. The molecule has 0 aromatic heterocycles. The molecule has 0 rings (SSSR count). The number of rotatable bonds is 10. The van der Waals surface area contributed by atoms with Gasteiger partial charge < -0.3 is 15.3 Å². The van der Waals surface area contributed by atoms with Crippen LogP contribution in [-0.4, -0.2) is 47.8 Å². The van der Waals surface area contributed by atoms with Gasteiger partial charge in [0.2, 0.25) is 0 Å². The first-order valence-electron chi connectivity index (χ1n) is 7.09. The van der Waals surface area contributed by atoms with Crippen LogP contribution < -0.4 is 5.32 Å². The minimum Gasteiger partial charge on any atom is -0.394 e. The SMILES string of the molecule is CCCN(CCCC(C)(CO)NCC)C(C)C. The lowest BCUT2D eigenvalue weighted by Gasteiger charge is -2.31. The molecule has 0 aliphatic rings. The van der Waals surface area contributed by atoms with Gasteiger partial charge in [-0.3, -0.25) is 0 Å². The number of aliphatic hydroxyl groups excluding tert-OH is 1. The first-order valence-corrected chi connectivity index (χ1v) is 7.09. The van der Waals surface area contributed by atoms with E-state index in [1.807, 2.05) is 0 Å². The molecular weight excluding hydrogens is 212 g/mol. The molecule has 0 amide bonds. The second kappa shape index (κ2) is 8.90. The average Bonchev–Trinajstić information content (AvgIpc) is 2.28. The molecule has 0 saturated heterocycles. The van der Waals surface area contributed by atoms with Crippen LogP contribution >= 0.6 is 0 Å². The summed E-state index contributed by atoms with van der Waals surface area (Å²) in [5.41, 5.74) is -0.108. The number of nitrogens with zero attached hydrogens (tertiary/aromatic N) is 1. The second-order valence-corrected chi connectivity index (χ2v) is 5.48. The van der Waals surface area contributed by atoms with E-state index < -0.39 is 0 Å². The van der Waals surface area contributed by atoms with Gasteiger partial charge in [0, 0.05) is 11.6 Å². The predicted octanol–water partition coefficient (Wildman–Crippen LogP) is 2.25. The second-order valence-electron chi connectivity index (χ2n) is 5.48. The van der Waals surface area contributed by atoms with Crippen molar-refractivity contribution in [3.8, 4) is 0 Å². The first kappa shape index (κ1) is 16.9. The molecule has 1 unspecified atom stereocenters. The Morgan fingerprint density at radius 1 is 1.24 bits per heavy atom. The van der Waals surface area contributed by atoms with Gasteiger partial charge in [-0.25, -0.2) is 0 Å². The summed E-state index contributed by atoms with van der Waals surface area (Å²) in [7, 11) is 0. The van der Waals surface area contributed by atoms with Crippen molar-refractivity contribution < 1.29 is 5.11 Å². The summed E-state index contributed by atoms with van der Waals surface area (Å²) >= 11 is 0. The molecule has 0 spiro atoms. The molecule has 0 aromatic rings. The van der Waals surface area contributed by atoms with Gasteiger partial charge in [0.15, 0.2) is 0 Å². The molecule has 0 aromatic carbocycles. The van der Waals surface area contributed by atoms with Crippen molar-refractivity contribution in [2.45, 2.75) is 65.5 Å². The molecule has 3 nitrogen and oxygen atoms in total. The van der Waals surface area contributed by atoms with Gasteiger partial charge in [-0.2, -0.15) is 0 Å². The minimum atomic E-state index is -0.108. The summed E-state index contributed by atoms with van der Waals surface area (Å²) in [6, 6.07) is 0.620. The van der Waals surface area contributed by atoms with Crippen molar-refractivity contribution >= 4 is 0 Å². The average molecular weight is 244 g/mol. The van der Waals surface area contributed by atoms with E-state index in [0.29, 0.717) is 6.04 Å². The maximum atomic E-state index is 9.42.